The second-order valence-electron chi connectivity index (χ2n) is 5.02. The van der Waals surface area contributed by atoms with Crippen LogP contribution in [0.3, 0.4) is 0 Å². The molecule has 0 aromatic carbocycles. The number of rotatable bonds is 1. The lowest BCUT2D eigenvalue weighted by atomic mass is 9.89. The molecule has 2 saturated heterocycles. The summed E-state index contributed by atoms with van der Waals surface area (Å²) in [6.45, 7) is 7.75. The topological polar surface area (TPSA) is 24.5 Å². The Kier molecular flexibility index (Phi) is 2.82. The van der Waals surface area contributed by atoms with E-state index in [0.29, 0.717) is 12.0 Å². The van der Waals surface area contributed by atoms with Crippen molar-refractivity contribution in [3.63, 3.8) is 0 Å². The highest BCUT2D eigenvalue weighted by molar-refractivity contribution is 4.91. The van der Waals surface area contributed by atoms with Crippen LogP contribution in [0.15, 0.2) is 0 Å². The lowest BCUT2D eigenvalue weighted by molar-refractivity contribution is -0.0875. The van der Waals surface area contributed by atoms with E-state index in [1.165, 1.54) is 19.4 Å². The van der Waals surface area contributed by atoms with E-state index in [2.05, 4.69) is 31.1 Å². The average Bonchev–Trinajstić information content (AvgIpc) is 2.48. The highest BCUT2D eigenvalue weighted by Gasteiger charge is 2.41. The van der Waals surface area contributed by atoms with Gasteiger partial charge in [-0.25, -0.2) is 0 Å². The first-order valence-electron chi connectivity index (χ1n) is 5.71. The molecule has 2 fully saturated rings. The second-order valence-corrected chi connectivity index (χ2v) is 5.02. The number of nitrogens with one attached hydrogen (secondary N) is 1. The summed E-state index contributed by atoms with van der Waals surface area (Å²) in [7, 11) is 2.20. The quantitative estimate of drug-likeness (QED) is 0.681. The van der Waals surface area contributed by atoms with Crippen molar-refractivity contribution in [3.05, 3.63) is 0 Å². The number of ether oxygens (including phenoxy) is 1. The number of hydrogen-bond acceptors (Lipinski definition) is 3. The van der Waals surface area contributed by atoms with Crippen LogP contribution in [-0.2, 0) is 4.74 Å². The summed E-state index contributed by atoms with van der Waals surface area (Å²) < 4.78 is 6.00. The fraction of sp³-hybridized carbons (Fsp3) is 1.00. The molecule has 2 aliphatic heterocycles. The van der Waals surface area contributed by atoms with Gasteiger partial charge in [-0.05, 0) is 40.3 Å². The maximum atomic E-state index is 6.00. The van der Waals surface area contributed by atoms with Crippen LogP contribution in [0.5, 0.6) is 0 Å². The maximum absolute atomic E-state index is 6.00. The smallest absolute Gasteiger partial charge is 0.120 e. The molecule has 0 spiro atoms. The molecule has 0 saturated carbocycles. The highest BCUT2D eigenvalue weighted by Crippen LogP contribution is 2.31. The summed E-state index contributed by atoms with van der Waals surface area (Å²) in [5.41, 5.74) is -0.0753. The van der Waals surface area contributed by atoms with Crippen molar-refractivity contribution in [2.24, 2.45) is 5.92 Å². The third-order valence-corrected chi connectivity index (χ3v) is 3.59. The van der Waals surface area contributed by atoms with Gasteiger partial charge < -0.3 is 9.64 Å². The van der Waals surface area contributed by atoms with Gasteiger partial charge in [0.15, 0.2) is 0 Å². The zero-order chi connectivity index (χ0) is 10.2. The van der Waals surface area contributed by atoms with Gasteiger partial charge in [-0.3, -0.25) is 5.32 Å². The Hall–Kier alpha value is -0.120. The number of nitrogens with zero attached hydrogens (tertiary/aromatic N) is 1. The monoisotopic (exact) mass is 198 g/mol. The molecule has 3 atom stereocenters. The van der Waals surface area contributed by atoms with E-state index in [0.717, 1.165) is 13.1 Å². The zero-order valence-corrected chi connectivity index (χ0v) is 9.55. The van der Waals surface area contributed by atoms with Gasteiger partial charge in [0.2, 0.25) is 0 Å². The molecule has 0 bridgehead atoms. The Bertz CT molecular complexity index is 209. The number of hydrogen-bond donors (Lipinski definition) is 1. The van der Waals surface area contributed by atoms with Gasteiger partial charge in [0, 0.05) is 19.0 Å². The predicted octanol–water partition coefficient (Wildman–Crippen LogP) is 1.05. The summed E-state index contributed by atoms with van der Waals surface area (Å²) in [5, 5.41) is 3.52. The van der Waals surface area contributed by atoms with Gasteiger partial charge in [0.25, 0.3) is 0 Å². The molecule has 0 radical (unpaired) electrons. The third kappa shape index (κ3) is 1.95. The van der Waals surface area contributed by atoms with E-state index >= 15 is 0 Å². The van der Waals surface area contributed by atoms with E-state index in [1.807, 2.05) is 0 Å². The van der Waals surface area contributed by atoms with Crippen molar-refractivity contribution in [2.75, 3.05) is 26.7 Å². The molecule has 0 aromatic rings. The van der Waals surface area contributed by atoms with Gasteiger partial charge in [0.1, 0.15) is 5.72 Å². The van der Waals surface area contributed by atoms with Crippen molar-refractivity contribution in [1.82, 2.24) is 10.2 Å². The normalized spacial score (nSPS) is 45.6. The van der Waals surface area contributed by atoms with Crippen LogP contribution in [0.1, 0.15) is 26.7 Å². The minimum atomic E-state index is -0.0753. The summed E-state index contributed by atoms with van der Waals surface area (Å²) >= 11 is 0. The Morgan fingerprint density at radius 2 is 2.29 bits per heavy atom. The molecule has 82 valence electrons. The van der Waals surface area contributed by atoms with Gasteiger partial charge in [-0.1, -0.05) is 0 Å². The Labute approximate surface area is 86.8 Å². The Morgan fingerprint density at radius 1 is 1.50 bits per heavy atom. The van der Waals surface area contributed by atoms with Crippen molar-refractivity contribution >= 4 is 0 Å². The SMILES string of the molecule is CC1CNC(C)(C2CCCN(C)C2)O1. The Morgan fingerprint density at radius 3 is 2.86 bits per heavy atom. The number of piperidine rings is 1. The van der Waals surface area contributed by atoms with Crippen molar-refractivity contribution in [3.8, 4) is 0 Å². The molecule has 14 heavy (non-hydrogen) atoms. The fourth-order valence-electron chi connectivity index (χ4n) is 2.70. The van der Waals surface area contributed by atoms with Crippen molar-refractivity contribution < 1.29 is 4.74 Å². The summed E-state index contributed by atoms with van der Waals surface area (Å²) in [6, 6.07) is 0. The highest BCUT2D eigenvalue weighted by atomic mass is 16.5. The minimum absolute atomic E-state index is 0.0753. The first-order chi connectivity index (χ1) is 6.60. The molecule has 2 rings (SSSR count). The largest absolute Gasteiger partial charge is 0.356 e. The molecule has 3 unspecified atom stereocenters. The molecule has 3 nitrogen and oxygen atoms in total. The third-order valence-electron chi connectivity index (χ3n) is 3.59. The van der Waals surface area contributed by atoms with Crippen LogP contribution in [0, 0.1) is 5.92 Å². The predicted molar refractivity (Wildman–Crippen MR) is 57.2 cm³/mol. The number of likely N-dealkylation sites (tertiary alicyclic amines) is 1. The van der Waals surface area contributed by atoms with Crippen LogP contribution in [0.4, 0.5) is 0 Å². The van der Waals surface area contributed by atoms with Crippen LogP contribution in [0.25, 0.3) is 0 Å². The average molecular weight is 198 g/mol. The molecule has 0 amide bonds. The van der Waals surface area contributed by atoms with E-state index in [1.54, 1.807) is 0 Å². The fourth-order valence-corrected chi connectivity index (χ4v) is 2.70. The molecule has 1 N–H and O–H groups in total. The van der Waals surface area contributed by atoms with Gasteiger partial charge in [-0.2, -0.15) is 0 Å². The lowest BCUT2D eigenvalue weighted by Crippen LogP contribution is -2.51. The molecular weight excluding hydrogens is 176 g/mol. The van der Waals surface area contributed by atoms with Crippen LogP contribution in [0.2, 0.25) is 0 Å². The molecular formula is C11H22N2O. The lowest BCUT2D eigenvalue weighted by Gasteiger charge is -2.39. The van der Waals surface area contributed by atoms with E-state index < -0.39 is 0 Å². The molecule has 2 heterocycles. The summed E-state index contributed by atoms with van der Waals surface area (Å²) in [4.78, 5) is 2.41. The maximum Gasteiger partial charge on any atom is 0.120 e. The van der Waals surface area contributed by atoms with E-state index in [-0.39, 0.29) is 5.72 Å². The van der Waals surface area contributed by atoms with Crippen LogP contribution in [-0.4, -0.2) is 43.4 Å². The van der Waals surface area contributed by atoms with Crippen LogP contribution < -0.4 is 5.32 Å². The zero-order valence-electron chi connectivity index (χ0n) is 9.55. The van der Waals surface area contributed by atoms with Gasteiger partial charge in [-0.15, -0.1) is 0 Å². The van der Waals surface area contributed by atoms with E-state index in [9.17, 15) is 0 Å². The minimum Gasteiger partial charge on any atom is -0.356 e. The summed E-state index contributed by atoms with van der Waals surface area (Å²) in [5.74, 6) is 0.645. The first-order valence-corrected chi connectivity index (χ1v) is 5.71. The standard InChI is InChI=1S/C11H22N2O/c1-9-7-12-11(2,14-9)10-5-4-6-13(3)8-10/h9-10,12H,4-8H2,1-3H3. The molecule has 0 aliphatic carbocycles. The second kappa shape index (κ2) is 3.80. The first kappa shape index (κ1) is 10.4. The molecule has 0 aromatic heterocycles. The summed E-state index contributed by atoms with van der Waals surface area (Å²) in [6.07, 6.45) is 2.96. The van der Waals surface area contributed by atoms with E-state index in [4.69, 9.17) is 4.74 Å². The van der Waals surface area contributed by atoms with Crippen molar-refractivity contribution in [2.45, 2.75) is 38.5 Å². The van der Waals surface area contributed by atoms with Gasteiger partial charge >= 0.3 is 0 Å². The van der Waals surface area contributed by atoms with Crippen molar-refractivity contribution in [1.29, 1.82) is 0 Å². The van der Waals surface area contributed by atoms with Crippen LogP contribution >= 0.6 is 0 Å². The van der Waals surface area contributed by atoms with Gasteiger partial charge in [0.05, 0.1) is 6.10 Å². The molecule has 2 aliphatic rings. The Balaban J connectivity index is 1.99. The molecule has 3 heteroatoms.